The summed E-state index contributed by atoms with van der Waals surface area (Å²) in [6.45, 7) is 1.64. The first kappa shape index (κ1) is 15.8. The van der Waals surface area contributed by atoms with Gasteiger partial charge < -0.3 is 5.73 Å². The highest BCUT2D eigenvalue weighted by Crippen LogP contribution is 2.26. The number of alkyl halides is 3. The van der Waals surface area contributed by atoms with Crippen LogP contribution >= 0.6 is 0 Å². The van der Waals surface area contributed by atoms with Gasteiger partial charge in [0.25, 0.3) is 0 Å². The van der Waals surface area contributed by atoms with Crippen molar-refractivity contribution in [3.8, 4) is 0 Å². The van der Waals surface area contributed by atoms with Crippen LogP contribution in [0, 0.1) is 13.8 Å². The van der Waals surface area contributed by atoms with Gasteiger partial charge >= 0.3 is 6.18 Å². The van der Waals surface area contributed by atoms with Gasteiger partial charge in [0, 0.05) is 12.7 Å². The molecule has 4 nitrogen and oxygen atoms in total. The second kappa shape index (κ2) is 5.01. The van der Waals surface area contributed by atoms with Gasteiger partial charge in [-0.25, -0.2) is 8.42 Å². The van der Waals surface area contributed by atoms with Gasteiger partial charge in [0.2, 0.25) is 10.0 Å². The van der Waals surface area contributed by atoms with Crippen LogP contribution in [-0.4, -0.2) is 32.5 Å². The lowest BCUT2D eigenvalue weighted by molar-refractivity contribution is -0.134. The minimum Gasteiger partial charge on any atom is -0.399 e. The number of hydrogen-bond acceptors (Lipinski definition) is 3. The second-order valence-electron chi connectivity index (χ2n) is 4.34. The number of aryl methyl sites for hydroxylation is 1. The predicted molar refractivity (Wildman–Crippen MR) is 66.2 cm³/mol. The number of sulfonamides is 1. The van der Waals surface area contributed by atoms with Crippen molar-refractivity contribution in [2.45, 2.75) is 24.9 Å². The van der Waals surface area contributed by atoms with Gasteiger partial charge in [-0.05, 0) is 37.1 Å². The third-order valence-corrected chi connectivity index (χ3v) is 4.66. The summed E-state index contributed by atoms with van der Waals surface area (Å²) in [7, 11) is -3.32. The van der Waals surface area contributed by atoms with E-state index in [1.54, 1.807) is 13.0 Å². The average Bonchev–Trinajstić information content (AvgIpc) is 2.20. The Bertz CT molecular complexity index is 582. The Morgan fingerprint density at radius 3 is 2.26 bits per heavy atom. The number of nitrogens with zero attached hydrogens (tertiary/aromatic N) is 1. The van der Waals surface area contributed by atoms with Gasteiger partial charge in [-0.1, -0.05) is 0 Å². The van der Waals surface area contributed by atoms with Crippen LogP contribution in [0.4, 0.5) is 18.9 Å². The highest BCUT2D eigenvalue weighted by molar-refractivity contribution is 7.89. The molecule has 1 aromatic carbocycles. The second-order valence-corrected chi connectivity index (χ2v) is 6.35. The third kappa shape index (κ3) is 3.60. The van der Waals surface area contributed by atoms with Crippen LogP contribution in [0.25, 0.3) is 0 Å². The van der Waals surface area contributed by atoms with Crippen molar-refractivity contribution >= 4 is 15.7 Å². The molecule has 0 atom stereocenters. The lowest BCUT2D eigenvalue weighted by Gasteiger charge is -2.20. The first-order valence-corrected chi connectivity index (χ1v) is 6.79. The Morgan fingerprint density at radius 1 is 1.26 bits per heavy atom. The minimum absolute atomic E-state index is 0.196. The largest absolute Gasteiger partial charge is 0.402 e. The number of halogens is 3. The van der Waals surface area contributed by atoms with Crippen molar-refractivity contribution in [3.63, 3.8) is 0 Å². The molecule has 0 aliphatic rings. The zero-order valence-corrected chi connectivity index (χ0v) is 11.6. The summed E-state index contributed by atoms with van der Waals surface area (Å²) in [6.07, 6.45) is -4.59. The number of anilines is 1. The lowest BCUT2D eigenvalue weighted by atomic mass is 10.1. The fourth-order valence-corrected chi connectivity index (χ4v) is 3.11. The fourth-order valence-electron chi connectivity index (χ4n) is 1.63. The zero-order chi connectivity index (χ0) is 15.0. The van der Waals surface area contributed by atoms with Crippen molar-refractivity contribution in [2.75, 3.05) is 19.3 Å². The molecular formula is C11H15F3N2O2S. The summed E-state index contributed by atoms with van der Waals surface area (Å²) in [5.41, 5.74) is 6.75. The summed E-state index contributed by atoms with van der Waals surface area (Å²) in [4.78, 5) is -0.197. The molecule has 8 heteroatoms. The molecule has 0 radical (unpaired) electrons. The molecule has 0 saturated carbocycles. The molecule has 0 heterocycles. The van der Waals surface area contributed by atoms with E-state index in [0.717, 1.165) is 7.05 Å². The van der Waals surface area contributed by atoms with Gasteiger partial charge in [-0.15, -0.1) is 0 Å². The zero-order valence-electron chi connectivity index (χ0n) is 10.7. The smallest absolute Gasteiger partial charge is 0.399 e. The first-order chi connectivity index (χ1) is 8.45. The SMILES string of the molecule is Cc1cc(N)cc(S(=O)(=O)N(C)CC(F)(F)F)c1C. The lowest BCUT2D eigenvalue weighted by Crippen LogP contribution is -2.36. The number of rotatable bonds is 3. The van der Waals surface area contributed by atoms with E-state index in [-0.39, 0.29) is 14.9 Å². The van der Waals surface area contributed by atoms with E-state index in [9.17, 15) is 21.6 Å². The molecule has 0 amide bonds. The van der Waals surface area contributed by atoms with Crippen LogP contribution in [0.3, 0.4) is 0 Å². The molecule has 19 heavy (non-hydrogen) atoms. The molecule has 1 rings (SSSR count). The van der Waals surface area contributed by atoms with Crippen molar-refractivity contribution in [1.82, 2.24) is 4.31 Å². The van der Waals surface area contributed by atoms with Gasteiger partial charge in [-0.2, -0.15) is 17.5 Å². The molecule has 0 spiro atoms. The molecular weight excluding hydrogens is 281 g/mol. The van der Waals surface area contributed by atoms with Crippen LogP contribution < -0.4 is 5.73 Å². The number of hydrogen-bond donors (Lipinski definition) is 1. The Balaban J connectivity index is 3.28. The molecule has 2 N–H and O–H groups in total. The molecule has 0 aliphatic carbocycles. The predicted octanol–water partition coefficient (Wildman–Crippen LogP) is 2.07. The van der Waals surface area contributed by atoms with Crippen molar-refractivity contribution < 1.29 is 21.6 Å². The minimum atomic E-state index is -4.59. The highest BCUT2D eigenvalue weighted by Gasteiger charge is 2.35. The van der Waals surface area contributed by atoms with Crippen LogP contribution in [0.15, 0.2) is 17.0 Å². The summed E-state index contributed by atoms with van der Waals surface area (Å²) >= 11 is 0. The summed E-state index contributed by atoms with van der Waals surface area (Å²) in [6, 6.07) is 2.74. The highest BCUT2D eigenvalue weighted by atomic mass is 32.2. The van der Waals surface area contributed by atoms with Gasteiger partial charge in [0.1, 0.15) is 6.54 Å². The van der Waals surface area contributed by atoms with Gasteiger partial charge in [0.05, 0.1) is 4.90 Å². The molecule has 0 unspecified atom stereocenters. The van der Waals surface area contributed by atoms with Crippen LogP contribution in [-0.2, 0) is 10.0 Å². The Labute approximate surface area is 110 Å². The number of nitrogens with two attached hydrogens (primary N) is 1. The normalized spacial score (nSPS) is 13.0. The monoisotopic (exact) mass is 296 g/mol. The standard InChI is InChI=1S/C11H15F3N2O2S/c1-7-4-9(15)5-10(8(7)2)19(17,18)16(3)6-11(12,13)14/h4-5H,6,15H2,1-3H3. The van der Waals surface area contributed by atoms with Crippen LogP contribution in [0.5, 0.6) is 0 Å². The average molecular weight is 296 g/mol. The van der Waals surface area contributed by atoms with E-state index < -0.39 is 22.7 Å². The molecule has 108 valence electrons. The van der Waals surface area contributed by atoms with E-state index in [1.807, 2.05) is 0 Å². The summed E-state index contributed by atoms with van der Waals surface area (Å²) < 4.78 is 61.3. The molecule has 0 saturated heterocycles. The first-order valence-electron chi connectivity index (χ1n) is 5.35. The van der Waals surface area contributed by atoms with Crippen LogP contribution in [0.1, 0.15) is 11.1 Å². The Kier molecular flexibility index (Phi) is 4.16. The maximum atomic E-state index is 12.3. The Morgan fingerprint density at radius 2 is 1.79 bits per heavy atom. The van der Waals surface area contributed by atoms with Crippen LogP contribution in [0.2, 0.25) is 0 Å². The topological polar surface area (TPSA) is 63.4 Å². The quantitative estimate of drug-likeness (QED) is 0.868. The maximum Gasteiger partial charge on any atom is 0.402 e. The van der Waals surface area contributed by atoms with E-state index in [0.29, 0.717) is 11.1 Å². The summed E-state index contributed by atoms with van der Waals surface area (Å²) in [5, 5.41) is 0. The van der Waals surface area contributed by atoms with E-state index in [1.165, 1.54) is 13.0 Å². The summed E-state index contributed by atoms with van der Waals surface area (Å²) in [5.74, 6) is 0. The molecule has 1 aromatic rings. The number of nitrogen functional groups attached to an aromatic ring is 1. The molecule has 0 aromatic heterocycles. The van der Waals surface area contributed by atoms with Gasteiger partial charge in [-0.3, -0.25) is 0 Å². The maximum absolute atomic E-state index is 12.3. The van der Waals surface area contributed by atoms with Crippen molar-refractivity contribution in [3.05, 3.63) is 23.3 Å². The molecule has 0 aliphatic heterocycles. The Hall–Kier alpha value is -1.28. The van der Waals surface area contributed by atoms with E-state index in [2.05, 4.69) is 0 Å². The molecule has 0 fully saturated rings. The number of benzene rings is 1. The fraction of sp³-hybridized carbons (Fsp3) is 0.455. The van der Waals surface area contributed by atoms with Crippen molar-refractivity contribution in [2.24, 2.45) is 0 Å². The molecule has 0 bridgehead atoms. The van der Waals surface area contributed by atoms with E-state index in [4.69, 9.17) is 5.73 Å². The van der Waals surface area contributed by atoms with E-state index >= 15 is 0 Å². The van der Waals surface area contributed by atoms with Gasteiger partial charge in [0.15, 0.2) is 0 Å². The third-order valence-electron chi connectivity index (χ3n) is 2.73. The van der Waals surface area contributed by atoms with Crippen molar-refractivity contribution in [1.29, 1.82) is 0 Å².